The summed E-state index contributed by atoms with van der Waals surface area (Å²) < 4.78 is 0. The molecule has 1 heterocycles. The molecule has 142 valence electrons. The Bertz CT molecular complexity index is 925. The molecule has 1 aromatic rings. The molecular formula is C15H14N4O8. The van der Waals surface area contributed by atoms with E-state index in [0.717, 1.165) is 17.0 Å². The first-order valence-electron chi connectivity index (χ1n) is 7.95. The zero-order valence-corrected chi connectivity index (χ0v) is 14.0. The zero-order valence-electron chi connectivity index (χ0n) is 14.0. The van der Waals surface area contributed by atoms with Crippen LogP contribution in [0.3, 0.4) is 0 Å². The molecule has 0 bridgehead atoms. The third kappa shape index (κ3) is 2.74. The number of carbonyl (C=O) groups excluding carboxylic acids is 1. The van der Waals surface area contributed by atoms with Crippen molar-refractivity contribution >= 4 is 22.8 Å². The molecule has 1 aromatic carbocycles. The van der Waals surface area contributed by atoms with Gasteiger partial charge in [0.1, 0.15) is 11.5 Å². The highest BCUT2D eigenvalue weighted by atomic mass is 16.6. The molecule has 1 saturated carbocycles. The summed E-state index contributed by atoms with van der Waals surface area (Å²) in [5.74, 6) is -3.30. The highest BCUT2D eigenvalue weighted by molar-refractivity contribution is 5.86. The molecule has 0 aromatic heterocycles. The molecule has 3 rings (SSSR count). The molecule has 2 unspecified atom stereocenters. The maximum Gasteiger partial charge on any atom is 0.313 e. The van der Waals surface area contributed by atoms with Crippen LogP contribution in [0, 0.1) is 36.3 Å². The molecule has 1 aliphatic carbocycles. The minimum Gasteiger partial charge on any atom is -0.490 e. The second-order valence-electron chi connectivity index (χ2n) is 6.38. The number of nitrogens with zero attached hydrogens (tertiary/aromatic N) is 4. The number of hydrogen-bond acceptors (Lipinski definition) is 9. The summed E-state index contributed by atoms with van der Waals surface area (Å²) in [5, 5.41) is 44.7. The van der Waals surface area contributed by atoms with E-state index >= 15 is 0 Å². The third-order valence-corrected chi connectivity index (χ3v) is 4.97. The van der Waals surface area contributed by atoms with Crippen LogP contribution in [0.15, 0.2) is 23.7 Å². The van der Waals surface area contributed by atoms with Gasteiger partial charge in [0.2, 0.25) is 0 Å². The van der Waals surface area contributed by atoms with E-state index < -0.39 is 49.6 Å². The van der Waals surface area contributed by atoms with Crippen LogP contribution in [0.25, 0.3) is 0 Å². The predicted octanol–water partition coefficient (Wildman–Crippen LogP) is 2.41. The topological polar surface area (TPSA) is 170 Å². The van der Waals surface area contributed by atoms with Gasteiger partial charge in [-0.05, 0) is 12.8 Å². The lowest BCUT2D eigenvalue weighted by Gasteiger charge is -2.31. The quantitative estimate of drug-likeness (QED) is 0.610. The molecule has 1 aliphatic heterocycles. The van der Waals surface area contributed by atoms with Crippen molar-refractivity contribution in [3.8, 4) is 0 Å². The molecule has 0 radical (unpaired) electrons. The molecule has 0 saturated heterocycles. The van der Waals surface area contributed by atoms with E-state index in [2.05, 4.69) is 0 Å². The van der Waals surface area contributed by atoms with Gasteiger partial charge in [-0.25, -0.2) is 0 Å². The molecule has 12 heteroatoms. The van der Waals surface area contributed by atoms with E-state index in [9.17, 15) is 40.2 Å². The Morgan fingerprint density at radius 1 is 1.11 bits per heavy atom. The highest BCUT2D eigenvalue weighted by Gasteiger charge is 2.50. The second kappa shape index (κ2) is 6.30. The first kappa shape index (κ1) is 18.2. The number of Topliss-reactive ketones (excluding diaryl/α,β-unsaturated/α-hetero) is 1. The number of aliphatic hydroxyl groups excluding tert-OH is 1. The van der Waals surface area contributed by atoms with Crippen molar-refractivity contribution in [3.05, 3.63) is 59.6 Å². The van der Waals surface area contributed by atoms with Crippen LogP contribution in [0.5, 0.6) is 0 Å². The van der Waals surface area contributed by atoms with Crippen LogP contribution in [0.2, 0.25) is 0 Å². The van der Waals surface area contributed by atoms with E-state index in [1.165, 1.54) is 7.05 Å². The lowest BCUT2D eigenvalue weighted by atomic mass is 9.78. The Balaban J connectivity index is 2.37. The Labute approximate surface area is 151 Å². The molecular weight excluding hydrogens is 364 g/mol. The van der Waals surface area contributed by atoms with Crippen LogP contribution in [-0.4, -0.2) is 32.7 Å². The number of fused-ring (bicyclic) bond motifs is 1. The fourth-order valence-electron chi connectivity index (χ4n) is 3.83. The average molecular weight is 378 g/mol. The molecule has 27 heavy (non-hydrogen) atoms. The van der Waals surface area contributed by atoms with Crippen molar-refractivity contribution in [2.45, 2.75) is 25.2 Å². The first-order valence-corrected chi connectivity index (χ1v) is 7.95. The van der Waals surface area contributed by atoms with E-state index in [1.807, 2.05) is 0 Å². The van der Waals surface area contributed by atoms with Crippen LogP contribution < -0.4 is 4.90 Å². The summed E-state index contributed by atoms with van der Waals surface area (Å²) in [7, 11) is 1.18. The zero-order chi connectivity index (χ0) is 20.0. The van der Waals surface area contributed by atoms with Crippen molar-refractivity contribution in [2.24, 2.45) is 5.92 Å². The number of hydrogen-bond donors (Lipinski definition) is 1. The fourth-order valence-corrected chi connectivity index (χ4v) is 3.83. The van der Waals surface area contributed by atoms with Gasteiger partial charge in [-0.15, -0.1) is 0 Å². The van der Waals surface area contributed by atoms with Gasteiger partial charge in [-0.2, -0.15) is 0 Å². The number of aliphatic hydroxyl groups is 1. The van der Waals surface area contributed by atoms with Gasteiger partial charge in [0, 0.05) is 31.0 Å². The van der Waals surface area contributed by atoms with Crippen LogP contribution in [-0.2, 0) is 4.79 Å². The number of allylic oxidation sites excluding steroid dienone is 1. The Hall–Kier alpha value is -3.57. The number of nitro benzene ring substituents is 2. The second-order valence-corrected chi connectivity index (χ2v) is 6.38. The number of carbonyl (C=O) groups is 1. The van der Waals surface area contributed by atoms with Crippen LogP contribution in [0.1, 0.15) is 30.7 Å². The first-order chi connectivity index (χ1) is 12.6. The smallest absolute Gasteiger partial charge is 0.313 e. The number of rotatable bonds is 4. The molecule has 2 aliphatic rings. The molecule has 0 amide bonds. The van der Waals surface area contributed by atoms with Gasteiger partial charge in [-0.3, -0.25) is 35.1 Å². The SMILES string of the molecule is CN1C(O)=C([N+](=O)[O-])C(C2CCCC2=O)c2cc([N+](=O)[O-])cc([N+](=O)[O-])c21. The van der Waals surface area contributed by atoms with Crippen molar-refractivity contribution < 1.29 is 24.7 Å². The molecule has 12 nitrogen and oxygen atoms in total. The third-order valence-electron chi connectivity index (χ3n) is 4.97. The summed E-state index contributed by atoms with van der Waals surface area (Å²) in [6, 6.07) is 1.73. The fraction of sp³-hybridized carbons (Fsp3) is 0.400. The van der Waals surface area contributed by atoms with Gasteiger partial charge in [0.05, 0.1) is 26.8 Å². The maximum absolute atomic E-state index is 12.3. The van der Waals surface area contributed by atoms with E-state index in [4.69, 9.17) is 0 Å². The predicted molar refractivity (Wildman–Crippen MR) is 89.9 cm³/mol. The standard InChI is InChI=1S/C15H14N4O8/c1-16-13-9(5-7(17(22)23)6-10(13)18(24)25)12(8-3-2-4-11(8)20)14(15(16)21)19(26)27/h5-6,8,12,21H,2-4H2,1H3. The van der Waals surface area contributed by atoms with Crippen molar-refractivity contribution in [2.75, 3.05) is 11.9 Å². The van der Waals surface area contributed by atoms with Gasteiger partial charge in [-0.1, -0.05) is 0 Å². The van der Waals surface area contributed by atoms with Crippen LogP contribution in [0.4, 0.5) is 17.1 Å². The van der Waals surface area contributed by atoms with Crippen LogP contribution >= 0.6 is 0 Å². The number of anilines is 1. The normalized spacial score (nSPS) is 22.0. The van der Waals surface area contributed by atoms with E-state index in [1.54, 1.807) is 0 Å². The highest BCUT2D eigenvalue weighted by Crippen LogP contribution is 2.51. The van der Waals surface area contributed by atoms with Crippen molar-refractivity contribution in [1.82, 2.24) is 0 Å². The van der Waals surface area contributed by atoms with Gasteiger partial charge in [0.15, 0.2) is 0 Å². The lowest BCUT2D eigenvalue weighted by Crippen LogP contribution is -2.34. The van der Waals surface area contributed by atoms with E-state index in [-0.39, 0.29) is 29.9 Å². The average Bonchev–Trinajstić information content (AvgIpc) is 3.01. The number of benzene rings is 1. The molecule has 2 atom stereocenters. The molecule has 0 spiro atoms. The summed E-state index contributed by atoms with van der Waals surface area (Å²) in [6.45, 7) is 0. The summed E-state index contributed by atoms with van der Waals surface area (Å²) in [4.78, 5) is 44.9. The largest absolute Gasteiger partial charge is 0.490 e. The summed E-state index contributed by atoms with van der Waals surface area (Å²) in [5.41, 5.74) is -2.26. The van der Waals surface area contributed by atoms with E-state index in [0.29, 0.717) is 6.42 Å². The minimum absolute atomic E-state index is 0.0804. The Kier molecular flexibility index (Phi) is 4.25. The molecule has 1 N–H and O–H groups in total. The molecule has 1 fully saturated rings. The summed E-state index contributed by atoms with van der Waals surface area (Å²) >= 11 is 0. The van der Waals surface area contributed by atoms with Gasteiger partial charge in [0.25, 0.3) is 17.3 Å². The number of non-ortho nitro benzene ring substituents is 1. The maximum atomic E-state index is 12.3. The monoisotopic (exact) mass is 378 g/mol. The van der Waals surface area contributed by atoms with Gasteiger partial charge < -0.3 is 10.0 Å². The van der Waals surface area contributed by atoms with Crippen molar-refractivity contribution in [1.29, 1.82) is 0 Å². The lowest BCUT2D eigenvalue weighted by molar-refractivity contribution is -0.434. The number of ketones is 1. The summed E-state index contributed by atoms with van der Waals surface area (Å²) in [6.07, 6.45) is 0.955. The number of nitro groups is 3. The minimum atomic E-state index is -1.31. The van der Waals surface area contributed by atoms with Gasteiger partial charge >= 0.3 is 5.70 Å². The van der Waals surface area contributed by atoms with Crippen molar-refractivity contribution in [3.63, 3.8) is 0 Å². The Morgan fingerprint density at radius 2 is 1.78 bits per heavy atom. The Morgan fingerprint density at radius 3 is 2.26 bits per heavy atom.